The van der Waals surface area contributed by atoms with E-state index in [2.05, 4.69) is 39.1 Å². The zero-order valence-electron chi connectivity index (χ0n) is 11.0. The molecule has 0 radical (unpaired) electrons. The predicted molar refractivity (Wildman–Crippen MR) is 75.4 cm³/mol. The maximum Gasteiger partial charge on any atom is 0.252 e. The van der Waals surface area contributed by atoms with Crippen molar-refractivity contribution in [3.8, 4) is 0 Å². The summed E-state index contributed by atoms with van der Waals surface area (Å²) in [6, 6.07) is 10.1. The Kier molecular flexibility index (Phi) is 3.07. The smallest absolute Gasteiger partial charge is 0.252 e. The first kappa shape index (κ1) is 12.0. The van der Waals surface area contributed by atoms with Gasteiger partial charge < -0.3 is 9.88 Å². The van der Waals surface area contributed by atoms with Crippen molar-refractivity contribution in [3.05, 3.63) is 57.6 Å². The van der Waals surface area contributed by atoms with E-state index in [1.165, 1.54) is 11.1 Å². The summed E-state index contributed by atoms with van der Waals surface area (Å²) in [6.07, 6.45) is 2.18. The van der Waals surface area contributed by atoms with Gasteiger partial charge in [-0.3, -0.25) is 4.79 Å². The van der Waals surface area contributed by atoms with E-state index < -0.39 is 0 Å². The van der Waals surface area contributed by atoms with Crippen molar-refractivity contribution < 1.29 is 0 Å². The molecule has 19 heavy (non-hydrogen) atoms. The van der Waals surface area contributed by atoms with Gasteiger partial charge in [0.05, 0.1) is 0 Å². The average Bonchev–Trinajstić information content (AvgIpc) is 2.59. The summed E-state index contributed by atoms with van der Waals surface area (Å²) in [5, 5.41) is 0. The molecule has 0 bridgehead atoms. The minimum Gasteiger partial charge on any atom is -0.352 e. The minimum absolute atomic E-state index is 0.0833. The Morgan fingerprint density at radius 1 is 1.26 bits per heavy atom. The number of nitrogens with one attached hydrogen (secondary N) is 1. The van der Waals surface area contributed by atoms with Gasteiger partial charge in [-0.1, -0.05) is 24.3 Å². The maximum atomic E-state index is 11.6. The van der Waals surface area contributed by atoms with Gasteiger partial charge in [0.1, 0.15) is 11.6 Å². The highest BCUT2D eigenvalue weighted by molar-refractivity contribution is 5.41. The Hall–Kier alpha value is -2.10. The Labute approximate surface area is 112 Å². The van der Waals surface area contributed by atoms with Crippen LogP contribution in [-0.4, -0.2) is 16.5 Å². The highest BCUT2D eigenvalue weighted by Crippen LogP contribution is 2.21. The van der Waals surface area contributed by atoms with E-state index >= 15 is 0 Å². The Bertz CT molecular complexity index is 648. The SMILES string of the molecule is Cc1nc(N2CCCc3ccccc3C2)cc(=O)[nH]1. The van der Waals surface area contributed by atoms with Gasteiger partial charge in [-0.25, -0.2) is 4.98 Å². The van der Waals surface area contributed by atoms with Crippen LogP contribution in [0.5, 0.6) is 0 Å². The topological polar surface area (TPSA) is 49.0 Å². The molecule has 3 rings (SSSR count). The van der Waals surface area contributed by atoms with Crippen LogP contribution >= 0.6 is 0 Å². The molecule has 0 fully saturated rings. The fourth-order valence-electron chi connectivity index (χ4n) is 2.62. The number of hydrogen-bond donors (Lipinski definition) is 1. The van der Waals surface area contributed by atoms with Crippen molar-refractivity contribution in [2.75, 3.05) is 11.4 Å². The molecule has 0 saturated carbocycles. The summed E-state index contributed by atoms with van der Waals surface area (Å²) < 4.78 is 0. The number of nitrogens with zero attached hydrogens (tertiary/aromatic N) is 2. The van der Waals surface area contributed by atoms with Crippen molar-refractivity contribution in [2.45, 2.75) is 26.3 Å². The summed E-state index contributed by atoms with van der Waals surface area (Å²) in [5.41, 5.74) is 2.66. The number of fused-ring (bicyclic) bond motifs is 1. The first-order valence-corrected chi connectivity index (χ1v) is 6.62. The molecule has 2 aromatic rings. The molecule has 0 saturated heterocycles. The third-order valence-electron chi connectivity index (χ3n) is 3.52. The monoisotopic (exact) mass is 255 g/mol. The van der Waals surface area contributed by atoms with Crippen LogP contribution in [0.15, 0.2) is 35.1 Å². The Balaban J connectivity index is 1.96. The van der Waals surface area contributed by atoms with E-state index in [0.717, 1.165) is 31.7 Å². The summed E-state index contributed by atoms with van der Waals surface area (Å²) in [5.74, 6) is 1.44. The molecule has 4 nitrogen and oxygen atoms in total. The lowest BCUT2D eigenvalue weighted by Gasteiger charge is -2.21. The first-order valence-electron chi connectivity index (χ1n) is 6.62. The lowest BCUT2D eigenvalue weighted by Crippen LogP contribution is -2.26. The van der Waals surface area contributed by atoms with Gasteiger partial charge in [-0.05, 0) is 30.9 Å². The minimum atomic E-state index is -0.0833. The third-order valence-corrected chi connectivity index (χ3v) is 3.52. The molecule has 2 heterocycles. The van der Waals surface area contributed by atoms with Crippen LogP contribution in [0, 0.1) is 6.92 Å². The molecule has 1 aromatic heterocycles. The number of hydrogen-bond acceptors (Lipinski definition) is 3. The number of H-pyrrole nitrogens is 1. The number of anilines is 1. The van der Waals surface area contributed by atoms with Crippen LogP contribution in [0.1, 0.15) is 23.4 Å². The molecule has 1 N–H and O–H groups in total. The van der Waals surface area contributed by atoms with Gasteiger partial charge in [-0.2, -0.15) is 0 Å². The molecule has 1 aliphatic rings. The lowest BCUT2D eigenvalue weighted by atomic mass is 10.0. The highest BCUT2D eigenvalue weighted by atomic mass is 16.1. The molecule has 0 spiro atoms. The standard InChI is InChI=1S/C15H17N3O/c1-11-16-14(9-15(19)17-11)18-8-4-7-12-5-2-3-6-13(12)10-18/h2-3,5-6,9H,4,7-8,10H2,1H3,(H,16,17,19). The molecule has 0 amide bonds. The molecule has 0 atom stereocenters. The van der Waals surface area contributed by atoms with Gasteiger partial charge >= 0.3 is 0 Å². The summed E-state index contributed by atoms with van der Waals surface area (Å²) in [7, 11) is 0. The second-order valence-corrected chi connectivity index (χ2v) is 4.98. The second kappa shape index (κ2) is 4.88. The predicted octanol–water partition coefficient (Wildman–Crippen LogP) is 2.03. The van der Waals surface area contributed by atoms with Gasteiger partial charge in [0.15, 0.2) is 0 Å². The number of aromatic nitrogens is 2. The average molecular weight is 255 g/mol. The molecule has 4 heteroatoms. The molecule has 98 valence electrons. The Morgan fingerprint density at radius 2 is 2.05 bits per heavy atom. The van der Waals surface area contributed by atoms with E-state index in [1.807, 2.05) is 6.92 Å². The van der Waals surface area contributed by atoms with Gasteiger partial charge in [-0.15, -0.1) is 0 Å². The van der Waals surface area contributed by atoms with Crippen LogP contribution in [0.3, 0.4) is 0 Å². The van der Waals surface area contributed by atoms with Crippen LogP contribution in [-0.2, 0) is 13.0 Å². The molecule has 0 aliphatic carbocycles. The van der Waals surface area contributed by atoms with Crippen molar-refractivity contribution >= 4 is 5.82 Å². The molecule has 1 aliphatic heterocycles. The largest absolute Gasteiger partial charge is 0.352 e. The van der Waals surface area contributed by atoms with Crippen molar-refractivity contribution in [1.29, 1.82) is 0 Å². The van der Waals surface area contributed by atoms with E-state index in [4.69, 9.17) is 0 Å². The number of benzene rings is 1. The third kappa shape index (κ3) is 2.52. The van der Waals surface area contributed by atoms with E-state index in [0.29, 0.717) is 5.82 Å². The Morgan fingerprint density at radius 3 is 2.84 bits per heavy atom. The fourth-order valence-corrected chi connectivity index (χ4v) is 2.62. The van der Waals surface area contributed by atoms with Gasteiger partial charge in [0.25, 0.3) is 5.56 Å². The molecular formula is C15H17N3O. The fraction of sp³-hybridized carbons (Fsp3) is 0.333. The van der Waals surface area contributed by atoms with Gasteiger partial charge in [0.2, 0.25) is 0 Å². The first-order chi connectivity index (χ1) is 9.22. The van der Waals surface area contributed by atoms with E-state index in [-0.39, 0.29) is 5.56 Å². The van der Waals surface area contributed by atoms with Crippen LogP contribution in [0.2, 0.25) is 0 Å². The summed E-state index contributed by atoms with van der Waals surface area (Å²) in [4.78, 5) is 20.9. The molecule has 0 unspecified atom stereocenters. The molecular weight excluding hydrogens is 238 g/mol. The maximum absolute atomic E-state index is 11.6. The quantitative estimate of drug-likeness (QED) is 0.848. The van der Waals surface area contributed by atoms with Crippen molar-refractivity contribution in [3.63, 3.8) is 0 Å². The van der Waals surface area contributed by atoms with Crippen LogP contribution in [0.25, 0.3) is 0 Å². The van der Waals surface area contributed by atoms with E-state index in [9.17, 15) is 4.79 Å². The number of aromatic amines is 1. The van der Waals surface area contributed by atoms with Crippen molar-refractivity contribution in [1.82, 2.24) is 9.97 Å². The summed E-state index contributed by atoms with van der Waals surface area (Å²) >= 11 is 0. The number of rotatable bonds is 1. The van der Waals surface area contributed by atoms with Crippen LogP contribution < -0.4 is 10.5 Å². The van der Waals surface area contributed by atoms with Crippen molar-refractivity contribution in [2.24, 2.45) is 0 Å². The highest BCUT2D eigenvalue weighted by Gasteiger charge is 2.15. The summed E-state index contributed by atoms with van der Waals surface area (Å²) in [6.45, 7) is 3.58. The van der Waals surface area contributed by atoms with Crippen LogP contribution in [0.4, 0.5) is 5.82 Å². The zero-order chi connectivity index (χ0) is 13.2. The zero-order valence-corrected chi connectivity index (χ0v) is 11.0. The second-order valence-electron chi connectivity index (χ2n) is 4.98. The molecule has 1 aromatic carbocycles. The number of aryl methyl sites for hydroxylation is 2. The van der Waals surface area contributed by atoms with Gasteiger partial charge in [0, 0.05) is 19.2 Å². The lowest BCUT2D eigenvalue weighted by molar-refractivity contribution is 0.748. The van der Waals surface area contributed by atoms with E-state index in [1.54, 1.807) is 6.07 Å². The normalized spacial score (nSPS) is 14.9.